The van der Waals surface area contributed by atoms with Crippen LogP contribution >= 0.6 is 23.2 Å². The molecule has 2 aromatic carbocycles. The summed E-state index contributed by atoms with van der Waals surface area (Å²) in [6, 6.07) is 12.0. The van der Waals surface area contributed by atoms with Gasteiger partial charge < -0.3 is 25.4 Å². The molecule has 298 valence electrons. The minimum Gasteiger partial charge on any atom is -0.487 e. The van der Waals surface area contributed by atoms with Gasteiger partial charge in [0.05, 0.1) is 16.7 Å². The average molecular weight is 820 g/mol. The number of nitrogens with two attached hydrogens (primary N) is 1. The van der Waals surface area contributed by atoms with Crippen LogP contribution in [0.2, 0.25) is 10.0 Å². The summed E-state index contributed by atoms with van der Waals surface area (Å²) in [5, 5.41) is 8.39. The lowest BCUT2D eigenvalue weighted by molar-refractivity contribution is -0.192. The number of carboxylic acids is 1. The normalized spacial score (nSPS) is 17.0. The van der Waals surface area contributed by atoms with Crippen molar-refractivity contribution in [1.82, 2.24) is 24.4 Å². The van der Waals surface area contributed by atoms with Crippen molar-refractivity contribution in [1.29, 1.82) is 0 Å². The van der Waals surface area contributed by atoms with Crippen molar-refractivity contribution >= 4 is 56.0 Å². The van der Waals surface area contributed by atoms with E-state index in [9.17, 15) is 26.4 Å². The van der Waals surface area contributed by atoms with Gasteiger partial charge in [-0.1, -0.05) is 60.7 Å². The molecule has 1 aliphatic heterocycles. The number of hydrogen-bond acceptors (Lipinski definition) is 9. The lowest BCUT2D eigenvalue weighted by atomic mass is 10.1. The molecule has 54 heavy (non-hydrogen) atoms. The number of aliphatic carboxylic acids is 1. The first-order valence-corrected chi connectivity index (χ1v) is 19.8. The molecule has 5 rings (SSSR count). The number of nitrogens with zero attached hydrogens (tertiary/aromatic N) is 4. The van der Waals surface area contributed by atoms with Crippen LogP contribution in [0, 0.1) is 6.92 Å². The van der Waals surface area contributed by atoms with Gasteiger partial charge in [0.2, 0.25) is 15.9 Å². The fourth-order valence-corrected chi connectivity index (χ4v) is 8.99. The van der Waals surface area contributed by atoms with E-state index >= 15 is 0 Å². The van der Waals surface area contributed by atoms with E-state index in [1.165, 1.54) is 6.07 Å². The molecular weight excluding hydrogens is 772 g/mol. The smallest absolute Gasteiger partial charge is 0.487 e. The van der Waals surface area contributed by atoms with Gasteiger partial charge >= 0.3 is 12.1 Å². The van der Waals surface area contributed by atoms with Gasteiger partial charge in [-0.3, -0.25) is 9.69 Å². The lowest BCUT2D eigenvalue weighted by Crippen LogP contribution is -2.64. The molecule has 1 aromatic heterocycles. The summed E-state index contributed by atoms with van der Waals surface area (Å²) in [5.41, 5.74) is 7.44. The highest BCUT2D eigenvalue weighted by Crippen LogP contribution is 2.38. The van der Waals surface area contributed by atoms with E-state index in [4.69, 9.17) is 43.6 Å². The highest BCUT2D eigenvalue weighted by Gasteiger charge is 2.45. The second-order valence-electron chi connectivity index (χ2n) is 13.8. The van der Waals surface area contributed by atoms with Gasteiger partial charge in [-0.25, -0.2) is 18.2 Å². The van der Waals surface area contributed by atoms with Crippen LogP contribution in [0.15, 0.2) is 47.4 Å². The molecule has 3 aromatic rings. The van der Waals surface area contributed by atoms with E-state index in [1.54, 1.807) is 6.07 Å². The highest BCUT2D eigenvalue weighted by molar-refractivity contribution is 7.89. The number of halogens is 5. The number of nitrogens with one attached hydrogen (secondary N) is 1. The number of ether oxygens (including phenoxy) is 1. The lowest BCUT2D eigenvalue weighted by Gasteiger charge is -2.46. The first kappa shape index (κ1) is 43.5. The van der Waals surface area contributed by atoms with Crippen LogP contribution in [-0.4, -0.2) is 110 Å². The minimum atomic E-state index is -5.08. The SMILES string of the molecule is Cc1ccc2cccc(OCc3c(Cl)ccc(S(=O)(=O)NC4(N5CCN(C(=O)[C@@H](N)CCCCN(C)C)CC5)CCCC4)c3Cl)c2n1.O=C(O)C(F)(F)F. The molecule has 2 fully saturated rings. The molecule has 1 amide bonds. The summed E-state index contributed by atoms with van der Waals surface area (Å²) in [6.45, 7) is 4.94. The molecule has 0 unspecified atom stereocenters. The number of benzene rings is 2. The summed E-state index contributed by atoms with van der Waals surface area (Å²) < 4.78 is 69.0. The number of carbonyl (C=O) groups is 2. The van der Waals surface area contributed by atoms with Crippen molar-refractivity contribution in [3.05, 3.63) is 63.8 Å². The molecule has 2 aliphatic rings. The Morgan fingerprint density at radius 3 is 2.31 bits per heavy atom. The standard InChI is InChI=1S/C34H46Cl2N6O4S.C2HF3O2/c1-24-12-13-25-9-8-11-29(32(25)38-24)46-23-26-27(35)14-15-30(31(26)36)47(44,45)39-34(16-5-6-17-34)42-21-19-41(20-22-42)33(43)28(37)10-4-7-18-40(2)3;3-2(4,5)1(6)7/h8-9,11-15,28,39H,4-7,10,16-23,37H2,1-3H3;(H,6,7)/t28-;/m0./s1. The van der Waals surface area contributed by atoms with Crippen LogP contribution in [0.5, 0.6) is 5.75 Å². The number of amides is 1. The highest BCUT2D eigenvalue weighted by atomic mass is 35.5. The zero-order chi connectivity index (χ0) is 39.8. The number of alkyl halides is 3. The topological polar surface area (TPSA) is 158 Å². The zero-order valence-electron chi connectivity index (χ0n) is 30.5. The summed E-state index contributed by atoms with van der Waals surface area (Å²) in [4.78, 5) is 32.7. The number of sulfonamides is 1. The number of piperazine rings is 1. The quantitative estimate of drug-likeness (QED) is 0.180. The largest absolute Gasteiger partial charge is 0.490 e. The summed E-state index contributed by atoms with van der Waals surface area (Å²) in [7, 11) is 0.00488. The Kier molecular flexibility index (Phi) is 15.0. The number of hydrogen-bond donors (Lipinski definition) is 3. The third kappa shape index (κ3) is 11.2. The van der Waals surface area contributed by atoms with Gasteiger partial charge in [0, 0.05) is 47.8 Å². The molecule has 1 saturated heterocycles. The van der Waals surface area contributed by atoms with E-state index in [1.807, 2.05) is 56.3 Å². The maximum atomic E-state index is 14.0. The zero-order valence-corrected chi connectivity index (χ0v) is 32.8. The van der Waals surface area contributed by atoms with Gasteiger partial charge in [-0.15, -0.1) is 0 Å². The van der Waals surface area contributed by atoms with Crippen LogP contribution in [0.25, 0.3) is 10.9 Å². The number of rotatable bonds is 13. The second-order valence-corrected chi connectivity index (χ2v) is 16.2. The molecule has 4 N–H and O–H groups in total. The van der Waals surface area contributed by atoms with Gasteiger partial charge in [-0.2, -0.15) is 17.9 Å². The number of aromatic nitrogens is 1. The first-order chi connectivity index (χ1) is 25.3. The fourth-order valence-electron chi connectivity index (χ4n) is 6.65. The monoisotopic (exact) mass is 818 g/mol. The van der Waals surface area contributed by atoms with E-state index in [-0.39, 0.29) is 22.4 Å². The summed E-state index contributed by atoms with van der Waals surface area (Å²) in [6.07, 6.45) is 0.594. The minimum absolute atomic E-state index is 0.0255. The molecule has 2 heterocycles. The maximum Gasteiger partial charge on any atom is 0.490 e. The van der Waals surface area contributed by atoms with Crippen LogP contribution in [0.4, 0.5) is 13.2 Å². The number of para-hydroxylation sites is 1. The Morgan fingerprint density at radius 2 is 1.70 bits per heavy atom. The van der Waals surface area contributed by atoms with Crippen LogP contribution in [0.3, 0.4) is 0 Å². The Hall–Kier alpha value is -3.25. The average Bonchev–Trinajstić information content (AvgIpc) is 3.58. The molecule has 0 radical (unpaired) electrons. The maximum absolute atomic E-state index is 14.0. The third-order valence-electron chi connectivity index (χ3n) is 9.52. The molecule has 0 spiro atoms. The van der Waals surface area contributed by atoms with Crippen LogP contribution in [-0.2, 0) is 26.2 Å². The van der Waals surface area contributed by atoms with Crippen molar-refractivity contribution in [3.63, 3.8) is 0 Å². The van der Waals surface area contributed by atoms with Gasteiger partial charge in [0.25, 0.3) is 0 Å². The first-order valence-electron chi connectivity index (χ1n) is 17.6. The molecule has 1 aliphatic carbocycles. The predicted molar refractivity (Wildman–Crippen MR) is 201 cm³/mol. The number of pyridine rings is 1. The Morgan fingerprint density at radius 1 is 1.06 bits per heavy atom. The van der Waals surface area contributed by atoms with Crippen molar-refractivity contribution in [2.24, 2.45) is 5.73 Å². The van der Waals surface area contributed by atoms with Crippen molar-refractivity contribution < 1.29 is 41.0 Å². The molecule has 12 nitrogen and oxygen atoms in total. The predicted octanol–water partition coefficient (Wildman–Crippen LogP) is 5.81. The number of unbranched alkanes of at least 4 members (excludes halogenated alkanes) is 1. The molecule has 1 saturated carbocycles. The molecule has 18 heteroatoms. The summed E-state index contributed by atoms with van der Waals surface area (Å²) >= 11 is 13.3. The number of fused-ring (bicyclic) bond motifs is 1. The second kappa shape index (κ2) is 18.6. The fraction of sp³-hybridized carbons (Fsp3) is 0.528. The van der Waals surface area contributed by atoms with E-state index < -0.39 is 33.9 Å². The number of carboxylic acid groups (broad SMARTS) is 1. The van der Waals surface area contributed by atoms with Crippen molar-refractivity contribution in [2.75, 3.05) is 46.8 Å². The molecule has 0 bridgehead atoms. The summed E-state index contributed by atoms with van der Waals surface area (Å²) in [5.74, 6) is -2.24. The van der Waals surface area contributed by atoms with Crippen molar-refractivity contribution in [2.45, 2.75) is 81.3 Å². The van der Waals surface area contributed by atoms with E-state index in [0.29, 0.717) is 67.3 Å². The van der Waals surface area contributed by atoms with Gasteiger partial charge in [-0.05, 0) is 77.5 Å². The van der Waals surface area contributed by atoms with Gasteiger partial charge in [0.1, 0.15) is 22.8 Å². The van der Waals surface area contributed by atoms with E-state index in [0.717, 1.165) is 43.3 Å². The number of carbonyl (C=O) groups excluding carboxylic acids is 1. The Labute approximate surface area is 323 Å². The Balaban J connectivity index is 0.000000845. The third-order valence-corrected chi connectivity index (χ3v) is 12.0. The van der Waals surface area contributed by atoms with Crippen LogP contribution < -0.4 is 15.2 Å². The van der Waals surface area contributed by atoms with Gasteiger partial charge in [0.15, 0.2) is 0 Å². The molecule has 1 atom stereocenters. The van der Waals surface area contributed by atoms with Crippen molar-refractivity contribution in [3.8, 4) is 5.75 Å². The number of aryl methyl sites for hydroxylation is 1. The Bertz CT molecular complexity index is 1890. The van der Waals surface area contributed by atoms with Crippen LogP contribution in [0.1, 0.15) is 56.2 Å². The van der Waals surface area contributed by atoms with E-state index in [2.05, 4.69) is 19.5 Å². The molecular formula is C36H47Cl2F3N6O6S.